The van der Waals surface area contributed by atoms with Crippen molar-refractivity contribution in [2.24, 2.45) is 5.10 Å². The van der Waals surface area contributed by atoms with E-state index in [2.05, 4.69) is 42.3 Å². The Kier molecular flexibility index (Phi) is 9.05. The van der Waals surface area contributed by atoms with Crippen molar-refractivity contribution >= 4 is 60.6 Å². The van der Waals surface area contributed by atoms with E-state index in [0.717, 1.165) is 4.47 Å². The van der Waals surface area contributed by atoms with Crippen LogP contribution in [0.25, 0.3) is 10.9 Å². The number of hydrogen-bond acceptors (Lipinski definition) is 6. The van der Waals surface area contributed by atoms with E-state index in [1.807, 2.05) is 33.8 Å². The molecule has 0 radical (unpaired) electrons. The number of hydrogen-bond donors (Lipinski definition) is 1. The van der Waals surface area contributed by atoms with Gasteiger partial charge in [-0.15, -0.1) is 0 Å². The Balaban J connectivity index is 1.63. The number of nitrogens with one attached hydrogen (secondary N) is 1. The molecule has 4 aromatic rings. The van der Waals surface area contributed by atoms with Gasteiger partial charge in [0.05, 0.1) is 28.2 Å². The van der Waals surface area contributed by atoms with Gasteiger partial charge < -0.3 is 14.8 Å². The minimum Gasteiger partial charge on any atom is -0.490 e. The van der Waals surface area contributed by atoms with Crippen LogP contribution in [0.2, 0.25) is 0 Å². The molecule has 0 saturated heterocycles. The zero-order valence-electron chi connectivity index (χ0n) is 22.3. The summed E-state index contributed by atoms with van der Waals surface area (Å²) in [5.41, 5.74) is 0.922. The largest absolute Gasteiger partial charge is 0.490 e. The van der Waals surface area contributed by atoms with Crippen LogP contribution < -0.4 is 20.3 Å². The lowest BCUT2D eigenvalue weighted by atomic mass is 9.95. The maximum Gasteiger partial charge on any atom is 0.282 e. The van der Waals surface area contributed by atoms with Crippen molar-refractivity contribution < 1.29 is 18.7 Å². The van der Waals surface area contributed by atoms with Gasteiger partial charge in [-0.2, -0.15) is 9.78 Å². The molecule has 208 valence electrons. The summed E-state index contributed by atoms with van der Waals surface area (Å²) in [6, 6.07) is 14.3. The first-order valence-corrected chi connectivity index (χ1v) is 14.0. The average Bonchev–Trinajstić information content (AvgIpc) is 2.89. The number of ether oxygens (including phenoxy) is 2. The number of anilines is 1. The normalized spacial score (nSPS) is 11.7. The van der Waals surface area contributed by atoms with Gasteiger partial charge >= 0.3 is 0 Å². The quantitative estimate of drug-likeness (QED) is 0.211. The van der Waals surface area contributed by atoms with E-state index >= 15 is 0 Å². The molecule has 1 N–H and O–H groups in total. The second kappa shape index (κ2) is 12.3. The van der Waals surface area contributed by atoms with E-state index in [1.54, 1.807) is 30.5 Å². The molecule has 0 saturated carbocycles. The summed E-state index contributed by atoms with van der Waals surface area (Å²) in [4.78, 5) is 30.6. The Bertz CT molecular complexity index is 1650. The summed E-state index contributed by atoms with van der Waals surface area (Å²) in [6.07, 6.45) is 1.54. The molecule has 0 aliphatic carbocycles. The van der Waals surface area contributed by atoms with Crippen LogP contribution in [-0.2, 0) is 10.2 Å². The molecule has 1 heterocycles. The van der Waals surface area contributed by atoms with Crippen molar-refractivity contribution in [3.05, 3.63) is 91.1 Å². The molecule has 0 atom stereocenters. The number of nitrogens with zero attached hydrogens (tertiary/aromatic N) is 3. The number of rotatable bonds is 8. The highest BCUT2D eigenvalue weighted by Gasteiger charge is 2.23. The van der Waals surface area contributed by atoms with E-state index in [9.17, 15) is 14.0 Å². The van der Waals surface area contributed by atoms with Crippen LogP contribution in [0.4, 0.5) is 10.1 Å². The fourth-order valence-electron chi connectivity index (χ4n) is 3.80. The fraction of sp³-hybridized carbons (Fsp3) is 0.241. The van der Waals surface area contributed by atoms with Crippen molar-refractivity contribution in [3.8, 4) is 11.5 Å². The van der Waals surface area contributed by atoms with Crippen LogP contribution in [-0.4, -0.2) is 35.0 Å². The number of carbonyl (C=O) groups excluding carboxylic acids is 1. The summed E-state index contributed by atoms with van der Waals surface area (Å²) in [5, 5.41) is 7.61. The van der Waals surface area contributed by atoms with Crippen LogP contribution in [0.3, 0.4) is 0 Å². The average molecular weight is 674 g/mol. The van der Waals surface area contributed by atoms with Crippen molar-refractivity contribution in [1.82, 2.24) is 9.66 Å². The minimum atomic E-state index is -0.457. The Morgan fingerprint density at radius 2 is 1.82 bits per heavy atom. The summed E-state index contributed by atoms with van der Waals surface area (Å²) in [6.45, 7) is 7.77. The lowest BCUT2D eigenvalue weighted by Crippen LogP contribution is -2.29. The Morgan fingerprint density at radius 1 is 1.10 bits per heavy atom. The van der Waals surface area contributed by atoms with Crippen LogP contribution in [0.1, 0.15) is 39.1 Å². The molecule has 3 aromatic carbocycles. The molecule has 0 aliphatic heterocycles. The standard InChI is InChI=1S/C29H27Br2FN4O4/c1-5-39-24-13-17(12-22(31)26(24)40-16-25(37)34-20-9-7-19(32)8-10-20)15-33-36-27(38)21-14-18(30)6-11-23(21)35-28(36)29(2,3)4/h6-15H,5,16H2,1-4H3,(H,34,37). The van der Waals surface area contributed by atoms with Gasteiger partial charge in [0.15, 0.2) is 18.1 Å². The minimum absolute atomic E-state index is 0.288. The molecule has 40 heavy (non-hydrogen) atoms. The second-order valence-corrected chi connectivity index (χ2v) is 11.6. The molecule has 0 bridgehead atoms. The van der Waals surface area contributed by atoms with Gasteiger partial charge in [-0.25, -0.2) is 9.37 Å². The predicted octanol–water partition coefficient (Wildman–Crippen LogP) is 6.66. The molecule has 1 aromatic heterocycles. The van der Waals surface area contributed by atoms with Crippen LogP contribution >= 0.6 is 31.9 Å². The van der Waals surface area contributed by atoms with Crippen LogP contribution in [0, 0.1) is 5.82 Å². The summed E-state index contributed by atoms with van der Waals surface area (Å²) < 4.78 is 27.3. The predicted molar refractivity (Wildman–Crippen MR) is 161 cm³/mol. The number of carbonyl (C=O) groups is 1. The van der Waals surface area contributed by atoms with Crippen molar-refractivity contribution in [2.75, 3.05) is 18.5 Å². The van der Waals surface area contributed by atoms with Crippen LogP contribution in [0.5, 0.6) is 11.5 Å². The third-order valence-corrected chi connectivity index (χ3v) is 6.69. The molecule has 0 fully saturated rings. The number of fused-ring (bicyclic) bond motifs is 1. The number of aromatic nitrogens is 2. The van der Waals surface area contributed by atoms with Gasteiger partial charge in [-0.3, -0.25) is 9.59 Å². The molecule has 4 rings (SSSR count). The molecule has 0 aliphatic rings. The third-order valence-electron chi connectivity index (χ3n) is 5.61. The van der Waals surface area contributed by atoms with Gasteiger partial charge in [0, 0.05) is 15.6 Å². The van der Waals surface area contributed by atoms with Crippen molar-refractivity contribution in [3.63, 3.8) is 0 Å². The van der Waals surface area contributed by atoms with Gasteiger partial charge in [0.25, 0.3) is 11.5 Å². The van der Waals surface area contributed by atoms with Crippen molar-refractivity contribution in [1.29, 1.82) is 0 Å². The zero-order chi connectivity index (χ0) is 29.0. The van der Waals surface area contributed by atoms with Gasteiger partial charge in [0.1, 0.15) is 11.6 Å². The van der Waals surface area contributed by atoms with Gasteiger partial charge in [0.2, 0.25) is 0 Å². The number of halogens is 3. The number of amides is 1. The fourth-order valence-corrected chi connectivity index (χ4v) is 4.73. The Morgan fingerprint density at radius 3 is 2.50 bits per heavy atom. The molecule has 1 amide bonds. The molecule has 0 spiro atoms. The highest BCUT2D eigenvalue weighted by molar-refractivity contribution is 9.10. The van der Waals surface area contributed by atoms with E-state index in [-0.39, 0.29) is 12.2 Å². The molecular formula is C29H27Br2FN4O4. The van der Waals surface area contributed by atoms with Crippen LogP contribution in [0.15, 0.2) is 73.4 Å². The molecule has 8 nitrogen and oxygen atoms in total. The Hall–Kier alpha value is -3.57. The SMILES string of the molecule is CCOc1cc(C=Nn2c(C(C)(C)C)nc3ccc(Br)cc3c2=O)cc(Br)c1OCC(=O)Nc1ccc(F)cc1. The molecule has 11 heteroatoms. The number of benzene rings is 3. The van der Waals surface area contributed by atoms with E-state index in [4.69, 9.17) is 14.5 Å². The topological polar surface area (TPSA) is 94.8 Å². The second-order valence-electron chi connectivity index (χ2n) is 9.82. The molecule has 0 unspecified atom stereocenters. The van der Waals surface area contributed by atoms with E-state index in [1.165, 1.54) is 28.9 Å². The summed E-state index contributed by atoms with van der Waals surface area (Å²) in [5.74, 6) is 0.415. The van der Waals surface area contributed by atoms with Crippen molar-refractivity contribution in [2.45, 2.75) is 33.1 Å². The Labute approximate surface area is 247 Å². The van der Waals surface area contributed by atoms with E-state index in [0.29, 0.717) is 50.6 Å². The first-order chi connectivity index (χ1) is 19.0. The monoisotopic (exact) mass is 672 g/mol. The van der Waals surface area contributed by atoms with E-state index < -0.39 is 17.1 Å². The van der Waals surface area contributed by atoms with Gasteiger partial charge in [-0.05, 0) is 83.0 Å². The smallest absolute Gasteiger partial charge is 0.282 e. The zero-order valence-corrected chi connectivity index (χ0v) is 25.5. The maximum absolute atomic E-state index is 13.4. The lowest BCUT2D eigenvalue weighted by Gasteiger charge is -2.21. The summed E-state index contributed by atoms with van der Waals surface area (Å²) >= 11 is 6.91. The third kappa shape index (κ3) is 6.95. The highest BCUT2D eigenvalue weighted by atomic mass is 79.9. The maximum atomic E-state index is 13.4. The lowest BCUT2D eigenvalue weighted by molar-refractivity contribution is -0.118. The molecular weight excluding hydrogens is 647 g/mol. The van der Waals surface area contributed by atoms with Gasteiger partial charge in [-0.1, -0.05) is 36.7 Å². The summed E-state index contributed by atoms with van der Waals surface area (Å²) in [7, 11) is 0. The first-order valence-electron chi connectivity index (χ1n) is 12.4. The first kappa shape index (κ1) is 29.4. The highest BCUT2D eigenvalue weighted by Crippen LogP contribution is 2.36.